The number of fused-ring (bicyclic) bond motifs is 1. The average Bonchev–Trinajstić information content (AvgIpc) is 2.87. The number of pyridine rings is 1. The molecule has 1 heterocycles. The van der Waals surface area contributed by atoms with E-state index in [-0.39, 0.29) is 38.2 Å². The number of carbonyl (C=O) groups is 1. The predicted molar refractivity (Wildman–Crippen MR) is 158 cm³/mol. The van der Waals surface area contributed by atoms with Gasteiger partial charge in [0.15, 0.2) is 5.78 Å². The molecule has 1 radical (unpaired) electrons. The number of alkyl halides is 3. The number of benzene rings is 2. The molecule has 3 nitrogen and oxygen atoms in total. The Bertz CT molecular complexity index is 1280. The molecule has 1 N–H and O–H groups in total. The van der Waals surface area contributed by atoms with Crippen LogP contribution in [0.5, 0.6) is 0 Å². The molecule has 3 rings (SSSR count). The molecular formula is C34H43F3IrNO2-. The van der Waals surface area contributed by atoms with Gasteiger partial charge in [-0.25, -0.2) is 0 Å². The third-order valence-corrected chi connectivity index (χ3v) is 6.92. The molecule has 227 valence electrons. The van der Waals surface area contributed by atoms with Crippen LogP contribution in [-0.2, 0) is 31.3 Å². The van der Waals surface area contributed by atoms with Gasteiger partial charge in [0, 0.05) is 43.4 Å². The zero-order valence-corrected chi connectivity index (χ0v) is 27.6. The summed E-state index contributed by atoms with van der Waals surface area (Å²) >= 11 is 0. The number of aliphatic hydroxyl groups is 1. The fourth-order valence-corrected chi connectivity index (χ4v) is 4.84. The van der Waals surface area contributed by atoms with Crippen LogP contribution in [0.15, 0.2) is 54.3 Å². The van der Waals surface area contributed by atoms with Crippen LogP contribution in [0.25, 0.3) is 22.2 Å². The Hall–Kier alpha value is -2.50. The van der Waals surface area contributed by atoms with Crippen molar-refractivity contribution in [3.8, 4) is 11.3 Å². The fourth-order valence-electron chi connectivity index (χ4n) is 4.84. The zero-order chi connectivity index (χ0) is 30.0. The fraction of sp³-hybridized carbons (Fsp3) is 0.471. The number of carbonyl (C=O) groups excluding carboxylic acids is 1. The van der Waals surface area contributed by atoms with Crippen molar-refractivity contribution in [3.05, 3.63) is 77.1 Å². The molecule has 1 atom stereocenters. The SMILES string of the molecule is CCC(CC(F)(F)F)C(=O)/C=C(\O)C(CC)CC.Cc1[c-]c(-c2cc(CC(C)C)c3ccccc3n2)cc(C)c1.[Ir]. The summed E-state index contributed by atoms with van der Waals surface area (Å²) in [5, 5.41) is 10.9. The van der Waals surface area contributed by atoms with Crippen LogP contribution in [0.3, 0.4) is 0 Å². The molecule has 1 unspecified atom stereocenters. The molecule has 41 heavy (non-hydrogen) atoms. The van der Waals surface area contributed by atoms with Crippen LogP contribution in [0.1, 0.15) is 77.0 Å². The van der Waals surface area contributed by atoms with Crippen molar-refractivity contribution in [2.75, 3.05) is 0 Å². The number of para-hydroxylation sites is 1. The second-order valence-corrected chi connectivity index (χ2v) is 10.9. The van der Waals surface area contributed by atoms with Crippen molar-refractivity contribution in [2.45, 2.75) is 86.7 Å². The van der Waals surface area contributed by atoms with Gasteiger partial charge in [-0.05, 0) is 48.9 Å². The summed E-state index contributed by atoms with van der Waals surface area (Å²) < 4.78 is 36.7. The van der Waals surface area contributed by atoms with Crippen molar-refractivity contribution in [3.63, 3.8) is 0 Å². The van der Waals surface area contributed by atoms with Crippen molar-refractivity contribution in [2.24, 2.45) is 17.8 Å². The first-order valence-corrected chi connectivity index (χ1v) is 14.2. The van der Waals surface area contributed by atoms with Crippen LogP contribution in [0, 0.1) is 37.7 Å². The van der Waals surface area contributed by atoms with Gasteiger partial charge in [-0.15, -0.1) is 34.9 Å². The van der Waals surface area contributed by atoms with Crippen molar-refractivity contribution in [1.29, 1.82) is 0 Å². The maximum atomic E-state index is 12.2. The molecule has 0 aliphatic rings. The van der Waals surface area contributed by atoms with Gasteiger partial charge in [0.05, 0.1) is 17.7 Å². The minimum atomic E-state index is -4.35. The Morgan fingerprint density at radius 3 is 2.15 bits per heavy atom. The predicted octanol–water partition coefficient (Wildman–Crippen LogP) is 9.93. The Kier molecular flexibility index (Phi) is 15.0. The molecule has 0 saturated heterocycles. The summed E-state index contributed by atoms with van der Waals surface area (Å²) in [6.07, 6.45) is -2.02. The standard InChI is InChI=1S/C21H22N.C13H21F3O2.Ir/c1-14(2)9-17-13-21(18-11-15(3)10-16(4)12-18)22-20-8-6-5-7-19(17)20;1-4-9(5-2)11(17)7-12(18)10(6-3)8-13(14,15)16;/h5-8,10-11,13-14H,9H2,1-4H3;7,9-10,17H,4-6,8H2,1-3H3;/q-1;;/b;11-7-;. The van der Waals surface area contributed by atoms with E-state index < -0.39 is 24.3 Å². The number of hydrogen-bond acceptors (Lipinski definition) is 3. The quantitative estimate of drug-likeness (QED) is 0.128. The maximum Gasteiger partial charge on any atom is 0.389 e. The topological polar surface area (TPSA) is 50.2 Å². The molecule has 0 spiro atoms. The maximum absolute atomic E-state index is 12.2. The van der Waals surface area contributed by atoms with E-state index in [1.807, 2.05) is 13.8 Å². The van der Waals surface area contributed by atoms with Crippen molar-refractivity contribution >= 4 is 16.7 Å². The zero-order valence-electron chi connectivity index (χ0n) is 25.2. The first-order chi connectivity index (χ1) is 18.8. The summed E-state index contributed by atoms with van der Waals surface area (Å²) in [6, 6.07) is 18.4. The molecule has 3 aromatic rings. The summed E-state index contributed by atoms with van der Waals surface area (Å²) in [7, 11) is 0. The van der Waals surface area contributed by atoms with Gasteiger partial charge in [-0.1, -0.05) is 72.7 Å². The number of aliphatic hydroxyl groups excluding tert-OH is 1. The van der Waals surface area contributed by atoms with Gasteiger partial charge >= 0.3 is 6.18 Å². The molecule has 0 amide bonds. The summed E-state index contributed by atoms with van der Waals surface area (Å²) in [6.45, 7) is 14.0. The molecule has 0 aliphatic carbocycles. The van der Waals surface area contributed by atoms with Gasteiger partial charge in [0.25, 0.3) is 0 Å². The van der Waals surface area contributed by atoms with Gasteiger partial charge in [0.1, 0.15) is 0 Å². The Balaban J connectivity index is 0.000000410. The summed E-state index contributed by atoms with van der Waals surface area (Å²) in [5.41, 5.74) is 6.99. The minimum Gasteiger partial charge on any atom is -0.512 e. The number of nitrogens with zero attached hydrogens (tertiary/aromatic N) is 1. The van der Waals surface area contributed by atoms with Crippen LogP contribution < -0.4 is 0 Å². The van der Waals surface area contributed by atoms with E-state index in [0.29, 0.717) is 18.8 Å². The second kappa shape index (κ2) is 16.8. The number of ketones is 1. The minimum absolute atomic E-state index is 0. The molecule has 1 aromatic heterocycles. The molecular weight excluding hydrogens is 704 g/mol. The number of aryl methyl sites for hydroxylation is 2. The summed E-state index contributed by atoms with van der Waals surface area (Å²) in [4.78, 5) is 16.5. The van der Waals surface area contributed by atoms with Crippen LogP contribution in [0.2, 0.25) is 0 Å². The van der Waals surface area contributed by atoms with E-state index >= 15 is 0 Å². The van der Waals surface area contributed by atoms with Crippen LogP contribution in [0.4, 0.5) is 13.2 Å². The van der Waals surface area contributed by atoms with Gasteiger partial charge in [-0.3, -0.25) is 9.78 Å². The molecule has 0 fully saturated rings. The monoisotopic (exact) mass is 747 g/mol. The molecule has 0 aliphatic heterocycles. The van der Waals surface area contributed by atoms with Crippen molar-refractivity contribution in [1.82, 2.24) is 4.98 Å². The summed E-state index contributed by atoms with van der Waals surface area (Å²) in [5.74, 6) is -1.37. The number of rotatable bonds is 10. The average molecular weight is 747 g/mol. The number of aromatic nitrogens is 1. The third-order valence-electron chi connectivity index (χ3n) is 6.92. The number of halogens is 3. The Morgan fingerprint density at radius 1 is 1.00 bits per heavy atom. The smallest absolute Gasteiger partial charge is 0.389 e. The molecule has 7 heteroatoms. The number of hydrogen-bond donors (Lipinski definition) is 1. The molecule has 0 bridgehead atoms. The van der Waals surface area contributed by atoms with E-state index in [1.54, 1.807) is 0 Å². The van der Waals surface area contributed by atoms with Gasteiger partial charge in [-0.2, -0.15) is 13.2 Å². The molecule has 2 aromatic carbocycles. The van der Waals surface area contributed by atoms with Gasteiger partial charge in [0.2, 0.25) is 0 Å². The van der Waals surface area contributed by atoms with E-state index in [9.17, 15) is 23.1 Å². The first-order valence-electron chi connectivity index (χ1n) is 14.2. The van der Waals surface area contributed by atoms with Crippen LogP contribution in [-0.4, -0.2) is 22.1 Å². The van der Waals surface area contributed by atoms with Gasteiger partial charge < -0.3 is 5.11 Å². The Labute approximate surface area is 257 Å². The van der Waals surface area contributed by atoms with E-state index in [1.165, 1.54) is 23.4 Å². The van der Waals surface area contributed by atoms with Crippen molar-refractivity contribution < 1.29 is 43.2 Å². The third kappa shape index (κ3) is 11.7. The number of allylic oxidation sites excluding steroid dienone is 2. The van der Waals surface area contributed by atoms with E-state index in [2.05, 4.69) is 76.2 Å². The largest absolute Gasteiger partial charge is 0.512 e. The normalized spacial score (nSPS) is 12.6. The second-order valence-electron chi connectivity index (χ2n) is 10.9. The van der Waals surface area contributed by atoms with E-state index in [0.717, 1.165) is 34.8 Å². The van der Waals surface area contributed by atoms with E-state index in [4.69, 9.17) is 4.98 Å². The Morgan fingerprint density at radius 2 is 1.61 bits per heavy atom. The molecule has 0 saturated carbocycles. The van der Waals surface area contributed by atoms with Crippen LogP contribution >= 0.6 is 0 Å². The first kappa shape index (κ1) is 36.5.